The number of carbonyl (C=O) groups excluding carboxylic acids is 4. The number of amides is 2. The Labute approximate surface area is 230 Å². The van der Waals surface area contributed by atoms with Crippen molar-refractivity contribution in [2.45, 2.75) is 50.0 Å². The molecule has 0 saturated carbocycles. The summed E-state index contributed by atoms with van der Waals surface area (Å²) in [5.41, 5.74) is -0.290. The highest BCUT2D eigenvalue weighted by Gasteiger charge is 2.67. The van der Waals surface area contributed by atoms with Gasteiger partial charge in [0, 0.05) is 11.5 Å². The van der Waals surface area contributed by atoms with Gasteiger partial charge < -0.3 is 41.9 Å². The Hall–Kier alpha value is -3.78. The Morgan fingerprint density at radius 3 is 2.25 bits per heavy atom. The quantitative estimate of drug-likeness (QED) is 0.171. The summed E-state index contributed by atoms with van der Waals surface area (Å²) in [6.07, 6.45) is -1.69. The van der Waals surface area contributed by atoms with Gasteiger partial charge in [0.05, 0.1) is 34.9 Å². The standard InChI is InChI=1S/C27H34N4O9/c1-9-10-7-8-11(30-25(39)26(2,3)29-4)18(32)13(10)19(33)14-12(9)20(34)16-17(31(5)6)21(35)15(24(28)38)23(37)27(16,40)22(14)36/h7-9,12,16-17,20,29,32,34-36,40H,1-6H3,(H2,28,38)(H,30,39)/t9?,12?,16?,17-,20?,27-/m0/s1. The number of likely N-dealkylation sites (N-methyl/N-ethyl adjacent to an activating group) is 2. The number of primary amides is 1. The Bertz CT molecular complexity index is 1410. The van der Waals surface area contributed by atoms with Gasteiger partial charge in [-0.1, -0.05) is 13.0 Å². The highest BCUT2D eigenvalue weighted by molar-refractivity contribution is 6.25. The number of benzene rings is 1. The number of hydrogen-bond donors (Lipinski definition) is 8. The van der Waals surface area contributed by atoms with Crippen molar-refractivity contribution in [3.63, 3.8) is 0 Å². The predicted molar refractivity (Wildman–Crippen MR) is 142 cm³/mol. The second kappa shape index (κ2) is 9.41. The van der Waals surface area contributed by atoms with Crippen molar-refractivity contribution < 1.29 is 44.7 Å². The molecule has 0 saturated heterocycles. The molecule has 4 unspecified atom stereocenters. The molecule has 3 aliphatic rings. The van der Waals surface area contributed by atoms with Gasteiger partial charge in [-0.2, -0.15) is 0 Å². The Morgan fingerprint density at radius 1 is 1.12 bits per heavy atom. The number of aromatic hydroxyl groups is 1. The van der Waals surface area contributed by atoms with Crippen LogP contribution < -0.4 is 16.4 Å². The first-order valence-electron chi connectivity index (χ1n) is 12.6. The first-order valence-corrected chi connectivity index (χ1v) is 12.6. The minimum atomic E-state index is -3.00. The molecule has 2 amide bonds. The molecule has 6 atom stereocenters. The molecule has 3 aliphatic carbocycles. The summed E-state index contributed by atoms with van der Waals surface area (Å²) in [5.74, 6) is -10.3. The van der Waals surface area contributed by atoms with Gasteiger partial charge in [0.1, 0.15) is 17.1 Å². The second-order valence-corrected chi connectivity index (χ2v) is 11.3. The van der Waals surface area contributed by atoms with Crippen LogP contribution in [0.3, 0.4) is 0 Å². The number of phenolic OH excluding ortho intramolecular Hbond substituents is 1. The summed E-state index contributed by atoms with van der Waals surface area (Å²) in [6, 6.07) is 1.57. The Kier molecular flexibility index (Phi) is 6.87. The van der Waals surface area contributed by atoms with Gasteiger partial charge in [0.25, 0.3) is 5.91 Å². The number of rotatable bonds is 5. The third kappa shape index (κ3) is 3.76. The molecular formula is C27H34N4O9. The average molecular weight is 559 g/mol. The summed E-state index contributed by atoms with van der Waals surface area (Å²) in [6.45, 7) is 4.83. The van der Waals surface area contributed by atoms with Crippen molar-refractivity contribution >= 4 is 29.1 Å². The van der Waals surface area contributed by atoms with E-state index >= 15 is 0 Å². The zero-order chi connectivity index (χ0) is 30.2. The third-order valence-corrected chi connectivity index (χ3v) is 8.57. The molecule has 9 N–H and O–H groups in total. The van der Waals surface area contributed by atoms with Gasteiger partial charge in [-0.3, -0.25) is 24.1 Å². The Morgan fingerprint density at radius 2 is 1.73 bits per heavy atom. The minimum Gasteiger partial charge on any atom is -0.510 e. The van der Waals surface area contributed by atoms with Crippen LogP contribution >= 0.6 is 0 Å². The number of hydrogen-bond acceptors (Lipinski definition) is 11. The molecule has 40 heavy (non-hydrogen) atoms. The van der Waals surface area contributed by atoms with E-state index in [0.29, 0.717) is 5.56 Å². The molecule has 0 spiro atoms. The normalized spacial score (nSPS) is 30.2. The van der Waals surface area contributed by atoms with E-state index in [4.69, 9.17) is 5.73 Å². The lowest BCUT2D eigenvalue weighted by Crippen LogP contribution is -2.68. The van der Waals surface area contributed by atoms with Crippen molar-refractivity contribution in [1.82, 2.24) is 10.2 Å². The van der Waals surface area contributed by atoms with Crippen LogP contribution in [0.25, 0.3) is 0 Å². The number of fused-ring (bicyclic) bond motifs is 3. The second-order valence-electron chi connectivity index (χ2n) is 11.3. The van der Waals surface area contributed by atoms with Crippen molar-refractivity contribution in [3.05, 3.63) is 45.9 Å². The molecule has 4 rings (SSSR count). The van der Waals surface area contributed by atoms with Crippen molar-refractivity contribution in [1.29, 1.82) is 0 Å². The van der Waals surface area contributed by atoms with Crippen molar-refractivity contribution in [3.8, 4) is 5.75 Å². The summed E-state index contributed by atoms with van der Waals surface area (Å²) in [5, 5.41) is 62.1. The number of aliphatic hydroxyl groups is 4. The monoisotopic (exact) mass is 558 g/mol. The molecule has 13 heteroatoms. The maximum atomic E-state index is 13.9. The van der Waals surface area contributed by atoms with Gasteiger partial charge in [-0.25, -0.2) is 0 Å². The number of Topliss-reactive ketones (excluding diaryl/α,β-unsaturated/α-hetero) is 2. The maximum Gasteiger partial charge on any atom is 0.255 e. The summed E-state index contributed by atoms with van der Waals surface area (Å²) in [7, 11) is 4.50. The van der Waals surface area contributed by atoms with E-state index in [1.54, 1.807) is 27.8 Å². The van der Waals surface area contributed by atoms with Crippen LogP contribution in [0.15, 0.2) is 34.8 Å². The molecule has 0 bridgehead atoms. The summed E-state index contributed by atoms with van der Waals surface area (Å²) >= 11 is 0. The SMILES string of the molecule is CNC(C)(C)C(=O)Nc1ccc2c(c1O)C(=O)C1=C(O)[C@]3(O)C(=O)C(C(N)=O)=C(O)[C@@H](N(C)C)C3C(O)C1C2C. The van der Waals surface area contributed by atoms with Crippen molar-refractivity contribution in [2.24, 2.45) is 17.6 Å². The minimum absolute atomic E-state index is 0.0932. The number of nitrogens with two attached hydrogens (primary N) is 1. The summed E-state index contributed by atoms with van der Waals surface area (Å²) < 4.78 is 0. The number of ketones is 2. The zero-order valence-electron chi connectivity index (χ0n) is 22.9. The average Bonchev–Trinajstić information content (AvgIpc) is 2.87. The van der Waals surface area contributed by atoms with Crippen LogP contribution in [0.4, 0.5) is 5.69 Å². The topological polar surface area (TPSA) is 223 Å². The number of carbonyl (C=O) groups is 4. The van der Waals surface area contributed by atoms with Gasteiger partial charge in [0.15, 0.2) is 17.1 Å². The largest absolute Gasteiger partial charge is 0.510 e. The van der Waals surface area contributed by atoms with Crippen LogP contribution in [0, 0.1) is 11.8 Å². The van der Waals surface area contributed by atoms with E-state index in [2.05, 4.69) is 10.6 Å². The lowest BCUT2D eigenvalue weighted by molar-refractivity contribution is -0.162. The number of nitrogens with one attached hydrogen (secondary N) is 2. The van der Waals surface area contributed by atoms with E-state index in [1.807, 2.05) is 0 Å². The van der Waals surface area contributed by atoms with E-state index in [0.717, 1.165) is 0 Å². The molecule has 1 aromatic carbocycles. The zero-order valence-corrected chi connectivity index (χ0v) is 22.9. The van der Waals surface area contributed by atoms with Crippen LogP contribution in [0.2, 0.25) is 0 Å². The van der Waals surface area contributed by atoms with Crippen LogP contribution in [0.1, 0.15) is 42.6 Å². The first kappa shape index (κ1) is 29.2. The fourth-order valence-electron chi connectivity index (χ4n) is 6.12. The molecule has 0 radical (unpaired) electrons. The fraction of sp³-hybridized carbons (Fsp3) is 0.481. The molecule has 0 heterocycles. The predicted octanol–water partition coefficient (Wildman–Crippen LogP) is -0.411. The lowest BCUT2D eigenvalue weighted by atomic mass is 9.55. The van der Waals surface area contributed by atoms with Gasteiger partial charge in [-0.05, 0) is 52.5 Å². The third-order valence-electron chi connectivity index (χ3n) is 8.57. The highest BCUT2D eigenvalue weighted by Crippen LogP contribution is 2.56. The van der Waals surface area contributed by atoms with Crippen LogP contribution in [-0.4, -0.2) is 98.2 Å². The molecule has 0 aliphatic heterocycles. The molecular weight excluding hydrogens is 524 g/mol. The molecule has 0 aromatic heterocycles. The van der Waals surface area contributed by atoms with E-state index in [1.165, 1.54) is 31.1 Å². The van der Waals surface area contributed by atoms with Gasteiger partial charge in [-0.15, -0.1) is 0 Å². The van der Waals surface area contributed by atoms with Crippen LogP contribution in [-0.2, 0) is 14.4 Å². The first-order chi connectivity index (χ1) is 18.4. The fourth-order valence-corrected chi connectivity index (χ4v) is 6.12. The number of anilines is 1. The summed E-state index contributed by atoms with van der Waals surface area (Å²) in [4.78, 5) is 53.5. The molecule has 1 aromatic rings. The smallest absolute Gasteiger partial charge is 0.255 e. The van der Waals surface area contributed by atoms with Crippen molar-refractivity contribution in [2.75, 3.05) is 26.5 Å². The number of phenols is 1. The number of nitrogens with zero attached hydrogens (tertiary/aromatic N) is 1. The Balaban J connectivity index is 1.95. The highest BCUT2D eigenvalue weighted by atomic mass is 16.4. The molecule has 0 fully saturated rings. The van der Waals surface area contributed by atoms with Crippen LogP contribution in [0.5, 0.6) is 5.75 Å². The van der Waals surface area contributed by atoms with E-state index in [-0.39, 0.29) is 11.3 Å². The molecule has 216 valence electrons. The van der Waals surface area contributed by atoms with Gasteiger partial charge >= 0.3 is 0 Å². The molecule has 13 nitrogen and oxygen atoms in total. The maximum absolute atomic E-state index is 13.9. The van der Waals surface area contributed by atoms with E-state index < -0.39 is 92.8 Å². The van der Waals surface area contributed by atoms with E-state index in [9.17, 15) is 44.7 Å². The lowest BCUT2D eigenvalue weighted by Gasteiger charge is -2.53. The van der Waals surface area contributed by atoms with Gasteiger partial charge in [0.2, 0.25) is 11.7 Å². The number of aliphatic hydroxyl groups excluding tert-OH is 3.